The molecule has 0 radical (unpaired) electrons. The van der Waals surface area contributed by atoms with Crippen molar-refractivity contribution in [3.05, 3.63) is 74.1 Å². The topological polar surface area (TPSA) is 66.6 Å². The van der Waals surface area contributed by atoms with Crippen molar-refractivity contribution in [3.63, 3.8) is 0 Å². The number of rotatable bonds is 3. The van der Waals surface area contributed by atoms with Crippen molar-refractivity contribution in [3.8, 4) is 5.88 Å². The lowest BCUT2D eigenvalue weighted by Crippen LogP contribution is -2.22. The second kappa shape index (κ2) is 6.94. The minimum Gasteiger partial charge on any atom is -0.492 e. The fraction of sp³-hybridized carbons (Fsp3) is 0.0500. The van der Waals surface area contributed by atoms with Gasteiger partial charge < -0.3 is 5.11 Å². The van der Waals surface area contributed by atoms with E-state index < -0.39 is 0 Å². The zero-order chi connectivity index (χ0) is 19.0. The van der Waals surface area contributed by atoms with E-state index in [1.165, 1.54) is 16.0 Å². The number of para-hydroxylation sites is 1. The maximum atomic E-state index is 12.4. The van der Waals surface area contributed by atoms with Crippen LogP contribution in [-0.4, -0.2) is 21.9 Å². The number of aryl methyl sites for hydroxylation is 1. The molecule has 27 heavy (non-hydrogen) atoms. The Morgan fingerprint density at radius 1 is 1.22 bits per heavy atom. The molecule has 0 atom stereocenters. The fourth-order valence-corrected chi connectivity index (χ4v) is 3.92. The monoisotopic (exact) mass is 393 g/mol. The van der Waals surface area contributed by atoms with E-state index in [2.05, 4.69) is 10.4 Å². The first-order chi connectivity index (χ1) is 13.0. The minimum atomic E-state index is -0.342. The quantitative estimate of drug-likeness (QED) is 0.620. The molecule has 5 nitrogen and oxygen atoms in total. The lowest BCUT2D eigenvalue weighted by atomic mass is 10.1. The summed E-state index contributed by atoms with van der Waals surface area (Å²) in [6, 6.07) is 14.9. The van der Waals surface area contributed by atoms with Crippen LogP contribution in [0, 0.1) is 10.9 Å². The van der Waals surface area contributed by atoms with Gasteiger partial charge >= 0.3 is 0 Å². The standard InChI is InChI=1S/C20H15N3O2S2/c1-12-6-8-13(9-7-12)18(24)22-23-19(25)17(27-20(23)26)10-14-11-21-16-5-3-2-4-15(14)16/h2-11,25H,1H3,(H,22,24)/b14-10+. The van der Waals surface area contributed by atoms with Crippen molar-refractivity contribution in [2.24, 2.45) is 4.99 Å². The number of aromatic nitrogens is 1. The molecule has 2 heterocycles. The van der Waals surface area contributed by atoms with E-state index in [0.29, 0.717) is 14.4 Å². The number of nitrogens with zero attached hydrogens (tertiary/aromatic N) is 2. The SMILES string of the molecule is Cc1ccc(C(=O)Nn2c(O)c(/C=C3\C=Nc4ccccc43)sc2=S)cc1. The Labute approximate surface area is 164 Å². The lowest BCUT2D eigenvalue weighted by Gasteiger charge is -2.07. The molecular weight excluding hydrogens is 378 g/mol. The van der Waals surface area contributed by atoms with Gasteiger partial charge in [-0.1, -0.05) is 47.2 Å². The summed E-state index contributed by atoms with van der Waals surface area (Å²) < 4.78 is 1.58. The number of amides is 1. The summed E-state index contributed by atoms with van der Waals surface area (Å²) in [4.78, 5) is 17.3. The van der Waals surface area contributed by atoms with Gasteiger partial charge in [0.25, 0.3) is 5.91 Å². The molecule has 1 aromatic heterocycles. The van der Waals surface area contributed by atoms with Gasteiger partial charge in [0, 0.05) is 22.9 Å². The van der Waals surface area contributed by atoms with Crippen LogP contribution in [0.3, 0.4) is 0 Å². The number of aliphatic imine (C=N–C) groups is 1. The van der Waals surface area contributed by atoms with Crippen LogP contribution >= 0.6 is 23.6 Å². The predicted molar refractivity (Wildman–Crippen MR) is 112 cm³/mol. The van der Waals surface area contributed by atoms with Crippen molar-refractivity contribution in [1.82, 2.24) is 4.68 Å². The van der Waals surface area contributed by atoms with Gasteiger partial charge in [-0.3, -0.25) is 15.2 Å². The van der Waals surface area contributed by atoms with Crippen LogP contribution in [0.4, 0.5) is 5.69 Å². The molecule has 1 aliphatic rings. The molecule has 7 heteroatoms. The molecule has 2 N–H and O–H groups in total. The Balaban J connectivity index is 1.64. The highest BCUT2D eigenvalue weighted by Gasteiger charge is 2.17. The van der Waals surface area contributed by atoms with Gasteiger partial charge in [0.15, 0.2) is 3.95 Å². The highest BCUT2D eigenvalue weighted by Crippen LogP contribution is 2.35. The number of hydrogen-bond acceptors (Lipinski definition) is 5. The number of aromatic hydroxyl groups is 1. The van der Waals surface area contributed by atoms with Gasteiger partial charge in [-0.25, -0.2) is 0 Å². The molecule has 0 aliphatic carbocycles. The van der Waals surface area contributed by atoms with E-state index in [4.69, 9.17) is 12.2 Å². The van der Waals surface area contributed by atoms with Gasteiger partial charge in [-0.15, -0.1) is 0 Å². The van der Waals surface area contributed by atoms with Gasteiger partial charge in [0.05, 0.1) is 10.6 Å². The second-order valence-corrected chi connectivity index (χ2v) is 7.75. The largest absolute Gasteiger partial charge is 0.492 e. The van der Waals surface area contributed by atoms with Crippen LogP contribution < -0.4 is 5.43 Å². The van der Waals surface area contributed by atoms with Crippen molar-refractivity contribution in [2.45, 2.75) is 6.92 Å². The minimum absolute atomic E-state index is 0.101. The molecule has 0 saturated heterocycles. The molecule has 0 spiro atoms. The van der Waals surface area contributed by atoms with Crippen LogP contribution in [0.25, 0.3) is 11.6 Å². The van der Waals surface area contributed by atoms with Gasteiger partial charge in [-0.2, -0.15) is 4.68 Å². The highest BCUT2D eigenvalue weighted by molar-refractivity contribution is 7.73. The molecule has 4 rings (SSSR count). The Morgan fingerprint density at radius 3 is 2.74 bits per heavy atom. The van der Waals surface area contributed by atoms with Crippen LogP contribution in [0.15, 0.2) is 53.5 Å². The normalized spacial score (nSPS) is 13.7. The second-order valence-electron chi connectivity index (χ2n) is 6.07. The van der Waals surface area contributed by atoms with Crippen LogP contribution in [0.5, 0.6) is 5.88 Å². The van der Waals surface area contributed by atoms with Crippen molar-refractivity contribution >= 4 is 53.0 Å². The Bertz CT molecular complexity index is 1150. The van der Waals surface area contributed by atoms with E-state index >= 15 is 0 Å². The molecule has 1 aliphatic heterocycles. The van der Waals surface area contributed by atoms with Gasteiger partial charge in [-0.05, 0) is 43.4 Å². The number of hydrogen-bond donors (Lipinski definition) is 2. The van der Waals surface area contributed by atoms with Gasteiger partial charge in [0.1, 0.15) is 0 Å². The first-order valence-electron chi connectivity index (χ1n) is 8.21. The van der Waals surface area contributed by atoms with Crippen molar-refractivity contribution in [1.29, 1.82) is 0 Å². The van der Waals surface area contributed by atoms with Crippen LogP contribution in [0.2, 0.25) is 0 Å². The third-order valence-electron chi connectivity index (χ3n) is 4.18. The molecule has 2 aromatic carbocycles. The van der Waals surface area contributed by atoms with E-state index in [1.54, 1.807) is 18.3 Å². The zero-order valence-corrected chi connectivity index (χ0v) is 16.0. The average molecular weight is 393 g/mol. The number of allylic oxidation sites excluding steroid dienone is 1. The molecule has 3 aromatic rings. The van der Waals surface area contributed by atoms with Crippen molar-refractivity contribution in [2.75, 3.05) is 5.43 Å². The van der Waals surface area contributed by atoms with Gasteiger partial charge in [0.2, 0.25) is 5.88 Å². The third-order valence-corrected chi connectivity index (χ3v) is 5.49. The maximum absolute atomic E-state index is 12.4. The average Bonchev–Trinajstić information content (AvgIpc) is 3.19. The van der Waals surface area contributed by atoms with E-state index in [-0.39, 0.29) is 11.8 Å². The van der Waals surface area contributed by atoms with E-state index in [1.807, 2.05) is 49.4 Å². The van der Waals surface area contributed by atoms with Crippen LogP contribution in [-0.2, 0) is 0 Å². The first-order valence-corrected chi connectivity index (χ1v) is 9.43. The number of nitrogens with one attached hydrogen (secondary N) is 1. The van der Waals surface area contributed by atoms with Crippen molar-refractivity contribution < 1.29 is 9.90 Å². The Morgan fingerprint density at radius 2 is 1.96 bits per heavy atom. The smallest absolute Gasteiger partial charge is 0.270 e. The molecular formula is C20H15N3O2S2. The maximum Gasteiger partial charge on any atom is 0.270 e. The number of thiazole rings is 1. The number of carbonyl (C=O) groups is 1. The number of carbonyl (C=O) groups excluding carboxylic acids is 1. The molecule has 134 valence electrons. The molecule has 0 fully saturated rings. The lowest BCUT2D eigenvalue weighted by molar-refractivity contribution is 0.101. The van der Waals surface area contributed by atoms with E-state index in [0.717, 1.165) is 22.4 Å². The first kappa shape index (κ1) is 17.4. The summed E-state index contributed by atoms with van der Waals surface area (Å²) in [5, 5.41) is 10.6. The highest BCUT2D eigenvalue weighted by atomic mass is 32.1. The summed E-state index contributed by atoms with van der Waals surface area (Å²) in [5.74, 6) is -0.443. The van der Waals surface area contributed by atoms with E-state index in [9.17, 15) is 9.90 Å². The summed E-state index contributed by atoms with van der Waals surface area (Å²) in [7, 11) is 0. The summed E-state index contributed by atoms with van der Waals surface area (Å²) in [6.45, 7) is 1.95. The summed E-state index contributed by atoms with van der Waals surface area (Å²) in [6.07, 6.45) is 3.57. The fourth-order valence-electron chi connectivity index (χ4n) is 2.74. The summed E-state index contributed by atoms with van der Waals surface area (Å²) in [5.41, 5.74) is 6.97. The van der Waals surface area contributed by atoms with Crippen LogP contribution in [0.1, 0.15) is 26.4 Å². The number of fused-ring (bicyclic) bond motifs is 1. The third kappa shape index (κ3) is 3.34. The predicted octanol–water partition coefficient (Wildman–Crippen LogP) is 4.93. The Kier molecular flexibility index (Phi) is 4.47. The molecule has 0 saturated carbocycles. The zero-order valence-electron chi connectivity index (χ0n) is 14.3. The Hall–Kier alpha value is -3.03. The molecule has 0 unspecified atom stereocenters. The summed E-state index contributed by atoms with van der Waals surface area (Å²) >= 11 is 6.53. The molecule has 1 amide bonds. The molecule has 0 bridgehead atoms. The number of benzene rings is 2.